The van der Waals surface area contributed by atoms with Crippen molar-refractivity contribution < 1.29 is 19.4 Å². The molecule has 0 bridgehead atoms. The monoisotopic (exact) mass is 237 g/mol. The third-order valence-corrected chi connectivity index (χ3v) is 2.86. The van der Waals surface area contributed by atoms with E-state index in [1.165, 1.54) is 0 Å². The van der Waals surface area contributed by atoms with Gasteiger partial charge >= 0.3 is 5.97 Å². The van der Waals surface area contributed by atoms with Gasteiger partial charge in [-0.3, -0.25) is 4.79 Å². The highest BCUT2D eigenvalue weighted by atomic mass is 16.7. The molecule has 1 aromatic carbocycles. The Morgan fingerprint density at radius 2 is 2.29 bits per heavy atom. The number of nitrogens with two attached hydrogens (primary N) is 1. The summed E-state index contributed by atoms with van der Waals surface area (Å²) in [6.45, 7) is 2.42. The Hall–Kier alpha value is -1.75. The molecule has 0 radical (unpaired) electrons. The Bertz CT molecular complexity index is 444. The molecule has 1 unspecified atom stereocenters. The predicted molar refractivity (Wildman–Crippen MR) is 61.4 cm³/mol. The number of aliphatic carboxylic acids is 1. The lowest BCUT2D eigenvalue weighted by molar-refractivity contribution is -0.137. The summed E-state index contributed by atoms with van der Waals surface area (Å²) in [5.74, 6) is 0.361. The van der Waals surface area contributed by atoms with Gasteiger partial charge in [0, 0.05) is 5.92 Å². The first-order valence-corrected chi connectivity index (χ1v) is 5.44. The molecule has 5 heteroatoms. The fourth-order valence-corrected chi connectivity index (χ4v) is 2.00. The molecule has 17 heavy (non-hydrogen) atoms. The summed E-state index contributed by atoms with van der Waals surface area (Å²) in [7, 11) is 0. The van der Waals surface area contributed by atoms with E-state index in [1.54, 1.807) is 0 Å². The van der Waals surface area contributed by atoms with Crippen molar-refractivity contribution in [2.24, 2.45) is 5.73 Å². The molecule has 0 aromatic heterocycles. The van der Waals surface area contributed by atoms with E-state index in [4.69, 9.17) is 20.3 Å². The fraction of sp³-hybridized carbons (Fsp3) is 0.417. The summed E-state index contributed by atoms with van der Waals surface area (Å²) < 4.78 is 10.6. The number of fused-ring (bicyclic) bond motifs is 1. The minimum atomic E-state index is -0.851. The fourth-order valence-electron chi connectivity index (χ4n) is 2.00. The predicted octanol–water partition coefficient (Wildman–Crippen LogP) is 1.24. The maximum atomic E-state index is 10.7. The van der Waals surface area contributed by atoms with Gasteiger partial charge in [-0.2, -0.15) is 0 Å². The van der Waals surface area contributed by atoms with Crippen molar-refractivity contribution in [1.29, 1.82) is 0 Å². The molecule has 2 rings (SSSR count). The Morgan fingerprint density at radius 3 is 2.94 bits per heavy atom. The van der Waals surface area contributed by atoms with Crippen LogP contribution in [0.25, 0.3) is 0 Å². The molecule has 5 nitrogen and oxygen atoms in total. The zero-order valence-electron chi connectivity index (χ0n) is 9.60. The van der Waals surface area contributed by atoms with Crippen LogP contribution in [0.3, 0.4) is 0 Å². The van der Waals surface area contributed by atoms with E-state index in [9.17, 15) is 4.79 Å². The van der Waals surface area contributed by atoms with E-state index in [0.29, 0.717) is 12.3 Å². The number of benzene rings is 1. The lowest BCUT2D eigenvalue weighted by Crippen LogP contribution is -2.16. The maximum absolute atomic E-state index is 10.7. The maximum Gasteiger partial charge on any atom is 0.304 e. The van der Waals surface area contributed by atoms with Crippen LogP contribution in [-0.4, -0.2) is 24.4 Å². The Kier molecular flexibility index (Phi) is 3.19. The minimum Gasteiger partial charge on any atom is -0.481 e. The molecule has 0 aliphatic carbocycles. The molecule has 1 aromatic rings. The Labute approximate surface area is 99.1 Å². The molecular formula is C12H15NO4. The number of carbonyl (C=O) groups is 1. The van der Waals surface area contributed by atoms with Crippen LogP contribution >= 0.6 is 0 Å². The summed E-state index contributed by atoms with van der Waals surface area (Å²) >= 11 is 0. The molecule has 0 amide bonds. The molecule has 92 valence electrons. The van der Waals surface area contributed by atoms with Crippen LogP contribution in [0, 0.1) is 6.92 Å². The molecule has 1 aliphatic rings. The SMILES string of the molecule is Cc1cc(C(CN)CC(=O)O)cc2c1OCO2. The second-order valence-corrected chi connectivity index (χ2v) is 4.10. The largest absolute Gasteiger partial charge is 0.481 e. The van der Waals surface area contributed by atoms with E-state index >= 15 is 0 Å². The summed E-state index contributed by atoms with van der Waals surface area (Å²) in [4.78, 5) is 10.7. The van der Waals surface area contributed by atoms with Gasteiger partial charge in [-0.25, -0.2) is 0 Å². The van der Waals surface area contributed by atoms with E-state index in [-0.39, 0.29) is 19.1 Å². The Balaban J connectivity index is 2.32. The van der Waals surface area contributed by atoms with Gasteiger partial charge in [0.25, 0.3) is 0 Å². The van der Waals surface area contributed by atoms with E-state index in [0.717, 1.165) is 16.9 Å². The molecule has 1 heterocycles. The van der Waals surface area contributed by atoms with Crippen LogP contribution in [0.4, 0.5) is 0 Å². The Morgan fingerprint density at radius 1 is 1.53 bits per heavy atom. The van der Waals surface area contributed by atoms with Crippen molar-refractivity contribution in [1.82, 2.24) is 0 Å². The number of ether oxygens (including phenoxy) is 2. The van der Waals surface area contributed by atoms with Crippen LogP contribution in [0.5, 0.6) is 11.5 Å². The summed E-state index contributed by atoms with van der Waals surface area (Å²) in [5.41, 5.74) is 7.44. The quantitative estimate of drug-likeness (QED) is 0.823. The van der Waals surface area contributed by atoms with Crippen molar-refractivity contribution in [2.45, 2.75) is 19.3 Å². The molecule has 0 fully saturated rings. The first kappa shape index (κ1) is 11.7. The smallest absolute Gasteiger partial charge is 0.304 e. The number of carboxylic acids is 1. The lowest BCUT2D eigenvalue weighted by atomic mass is 9.94. The molecule has 3 N–H and O–H groups in total. The minimum absolute atomic E-state index is 0.0234. The van der Waals surface area contributed by atoms with Gasteiger partial charge in [0.05, 0.1) is 6.42 Å². The number of hydrogen-bond donors (Lipinski definition) is 2. The highest BCUT2D eigenvalue weighted by Crippen LogP contribution is 2.38. The highest BCUT2D eigenvalue weighted by molar-refractivity contribution is 5.68. The van der Waals surface area contributed by atoms with Gasteiger partial charge in [0.1, 0.15) is 0 Å². The van der Waals surface area contributed by atoms with Gasteiger partial charge < -0.3 is 20.3 Å². The van der Waals surface area contributed by atoms with Crippen LogP contribution < -0.4 is 15.2 Å². The number of carboxylic acid groups (broad SMARTS) is 1. The van der Waals surface area contributed by atoms with Gasteiger partial charge in [-0.15, -0.1) is 0 Å². The number of aryl methyl sites for hydroxylation is 1. The summed E-state index contributed by atoms with van der Waals surface area (Å²) in [5, 5.41) is 8.83. The van der Waals surface area contributed by atoms with E-state index < -0.39 is 5.97 Å². The molecule has 1 aliphatic heterocycles. The molecule has 0 saturated heterocycles. The van der Waals surface area contributed by atoms with Crippen LogP contribution in [0.1, 0.15) is 23.5 Å². The molecule has 0 saturated carbocycles. The average Bonchev–Trinajstić information content (AvgIpc) is 2.74. The third-order valence-electron chi connectivity index (χ3n) is 2.86. The average molecular weight is 237 g/mol. The van der Waals surface area contributed by atoms with Crippen LogP contribution in [-0.2, 0) is 4.79 Å². The third kappa shape index (κ3) is 2.34. The molecule has 1 atom stereocenters. The van der Waals surface area contributed by atoms with Gasteiger partial charge in [0.2, 0.25) is 6.79 Å². The molecular weight excluding hydrogens is 222 g/mol. The van der Waals surface area contributed by atoms with Crippen molar-refractivity contribution in [3.05, 3.63) is 23.3 Å². The van der Waals surface area contributed by atoms with Gasteiger partial charge in [-0.1, -0.05) is 6.07 Å². The number of rotatable bonds is 4. The standard InChI is InChI=1S/C12H15NO4/c1-7-2-8(9(5-13)4-11(14)15)3-10-12(7)17-6-16-10/h2-3,9H,4-6,13H2,1H3,(H,14,15). The topological polar surface area (TPSA) is 81.8 Å². The van der Waals surface area contributed by atoms with Crippen molar-refractivity contribution in [3.8, 4) is 11.5 Å². The number of hydrogen-bond acceptors (Lipinski definition) is 4. The first-order chi connectivity index (χ1) is 8.11. The van der Waals surface area contributed by atoms with Crippen LogP contribution in [0.15, 0.2) is 12.1 Å². The van der Waals surface area contributed by atoms with E-state index in [2.05, 4.69) is 0 Å². The van der Waals surface area contributed by atoms with Crippen molar-refractivity contribution in [2.75, 3.05) is 13.3 Å². The zero-order valence-corrected chi connectivity index (χ0v) is 9.60. The lowest BCUT2D eigenvalue weighted by Gasteiger charge is -2.14. The summed E-state index contributed by atoms with van der Waals surface area (Å²) in [6, 6.07) is 3.73. The van der Waals surface area contributed by atoms with Crippen molar-refractivity contribution in [3.63, 3.8) is 0 Å². The van der Waals surface area contributed by atoms with Crippen molar-refractivity contribution >= 4 is 5.97 Å². The van der Waals surface area contributed by atoms with Gasteiger partial charge in [0.15, 0.2) is 11.5 Å². The normalized spacial score (nSPS) is 14.7. The highest BCUT2D eigenvalue weighted by Gasteiger charge is 2.21. The van der Waals surface area contributed by atoms with Crippen LogP contribution in [0.2, 0.25) is 0 Å². The zero-order chi connectivity index (χ0) is 12.4. The van der Waals surface area contributed by atoms with E-state index in [1.807, 2.05) is 19.1 Å². The second-order valence-electron chi connectivity index (χ2n) is 4.10. The molecule has 0 spiro atoms. The second kappa shape index (κ2) is 4.63. The first-order valence-electron chi connectivity index (χ1n) is 5.44. The summed E-state index contributed by atoms with van der Waals surface area (Å²) in [6.07, 6.45) is 0.0234. The van der Waals surface area contributed by atoms with Gasteiger partial charge in [-0.05, 0) is 30.7 Å².